The van der Waals surface area contributed by atoms with E-state index in [1.165, 1.54) is 0 Å². The fraction of sp³-hybridized carbons (Fsp3) is 0.500. The Morgan fingerprint density at radius 3 is 2.65 bits per heavy atom. The molecule has 2 heterocycles. The number of hydrogen-bond donors (Lipinski definition) is 1. The Kier molecular flexibility index (Phi) is 3.64. The molecule has 0 aromatic heterocycles. The molecule has 0 bridgehead atoms. The van der Waals surface area contributed by atoms with Gasteiger partial charge in [0.25, 0.3) is 5.91 Å². The third kappa shape index (κ3) is 2.40. The van der Waals surface area contributed by atoms with Crippen LogP contribution in [0, 0.1) is 0 Å². The first kappa shape index (κ1) is 14.1. The first-order chi connectivity index (χ1) is 9.52. The number of benzene rings is 1. The van der Waals surface area contributed by atoms with Crippen molar-refractivity contribution in [1.29, 1.82) is 0 Å². The van der Waals surface area contributed by atoms with E-state index in [1.54, 1.807) is 5.01 Å². The predicted molar refractivity (Wildman–Crippen MR) is 83.4 cm³/mol. The molecule has 0 radical (unpaired) electrons. The van der Waals surface area contributed by atoms with Crippen LogP contribution in [0.3, 0.4) is 0 Å². The van der Waals surface area contributed by atoms with E-state index >= 15 is 0 Å². The number of nitrogens with one attached hydrogen (secondary N) is 1. The Labute approximate surface area is 131 Å². The van der Waals surface area contributed by atoms with Crippen LogP contribution in [0.4, 0.5) is 5.69 Å². The fourth-order valence-corrected chi connectivity index (χ4v) is 3.55. The highest BCUT2D eigenvalue weighted by atomic mass is 127. The molecule has 108 valence electrons. The standard InChI is InChI=1S/C14H17IN2O3/c1-14(2)19-11-10(8-15)17(13(18)12(11)20-14)16-9-6-4-3-5-7-9/h3-7,10-12,16H,8H2,1-2H3/t10-,11+,12+/m0/s1. The number of hydrogen-bond acceptors (Lipinski definition) is 4. The summed E-state index contributed by atoms with van der Waals surface area (Å²) in [5, 5.41) is 1.65. The number of halogens is 1. The van der Waals surface area contributed by atoms with Crippen LogP contribution in [0.5, 0.6) is 0 Å². The highest BCUT2D eigenvalue weighted by molar-refractivity contribution is 14.1. The van der Waals surface area contributed by atoms with Crippen molar-refractivity contribution in [3.8, 4) is 0 Å². The maximum Gasteiger partial charge on any atom is 0.273 e. The summed E-state index contributed by atoms with van der Waals surface area (Å²) in [6.07, 6.45) is -0.730. The lowest BCUT2D eigenvalue weighted by molar-refractivity contribution is -0.170. The first-order valence-electron chi connectivity index (χ1n) is 6.58. The molecule has 0 spiro atoms. The molecule has 3 atom stereocenters. The minimum absolute atomic E-state index is 0.0323. The van der Waals surface area contributed by atoms with Crippen LogP contribution in [0.25, 0.3) is 0 Å². The van der Waals surface area contributed by atoms with Crippen molar-refractivity contribution in [1.82, 2.24) is 5.01 Å². The number of ether oxygens (including phenoxy) is 2. The van der Waals surface area contributed by atoms with E-state index in [0.29, 0.717) is 0 Å². The average molecular weight is 388 g/mol. The molecule has 20 heavy (non-hydrogen) atoms. The van der Waals surface area contributed by atoms with Crippen LogP contribution in [-0.4, -0.2) is 39.4 Å². The molecule has 1 amide bonds. The number of amides is 1. The molecule has 2 fully saturated rings. The number of nitrogens with zero attached hydrogens (tertiary/aromatic N) is 1. The Bertz CT molecular complexity index is 508. The normalized spacial score (nSPS) is 31.4. The Morgan fingerprint density at radius 2 is 2.00 bits per heavy atom. The second-order valence-electron chi connectivity index (χ2n) is 5.43. The molecule has 0 unspecified atom stereocenters. The Balaban J connectivity index is 1.81. The predicted octanol–water partition coefficient (Wildman–Crippen LogP) is 2.18. The van der Waals surface area contributed by atoms with Gasteiger partial charge in [0.2, 0.25) is 0 Å². The number of rotatable bonds is 3. The van der Waals surface area contributed by atoms with Gasteiger partial charge in [-0.05, 0) is 26.0 Å². The lowest BCUT2D eigenvalue weighted by Gasteiger charge is -2.29. The molecular weight excluding hydrogens is 371 g/mol. The first-order valence-corrected chi connectivity index (χ1v) is 8.11. The van der Waals surface area contributed by atoms with Crippen LogP contribution in [0.15, 0.2) is 30.3 Å². The zero-order valence-electron chi connectivity index (χ0n) is 11.4. The molecule has 1 N–H and O–H groups in total. The van der Waals surface area contributed by atoms with Gasteiger partial charge in [-0.25, -0.2) is 5.01 Å². The lowest BCUT2D eigenvalue weighted by atomic mass is 10.2. The molecule has 0 saturated carbocycles. The number of fused-ring (bicyclic) bond motifs is 1. The zero-order chi connectivity index (χ0) is 14.3. The molecule has 2 saturated heterocycles. The quantitative estimate of drug-likeness (QED) is 0.637. The van der Waals surface area contributed by atoms with Crippen LogP contribution >= 0.6 is 22.6 Å². The number of hydrazine groups is 1. The number of alkyl halides is 1. The van der Waals surface area contributed by atoms with Crippen molar-refractivity contribution >= 4 is 34.2 Å². The van der Waals surface area contributed by atoms with Gasteiger partial charge in [0.15, 0.2) is 11.9 Å². The number of carbonyl (C=O) groups excluding carboxylic acids is 1. The van der Waals surface area contributed by atoms with E-state index < -0.39 is 11.9 Å². The monoisotopic (exact) mass is 388 g/mol. The van der Waals surface area contributed by atoms with Crippen LogP contribution in [-0.2, 0) is 14.3 Å². The summed E-state index contributed by atoms with van der Waals surface area (Å²) >= 11 is 2.28. The fourth-order valence-electron chi connectivity index (χ4n) is 2.66. The van der Waals surface area contributed by atoms with Gasteiger partial charge in [-0.1, -0.05) is 40.8 Å². The van der Waals surface area contributed by atoms with Gasteiger partial charge < -0.3 is 9.47 Å². The van der Waals surface area contributed by atoms with Crippen LogP contribution in [0.2, 0.25) is 0 Å². The van der Waals surface area contributed by atoms with Crippen molar-refractivity contribution in [3.05, 3.63) is 30.3 Å². The molecular formula is C14H17IN2O3. The zero-order valence-corrected chi connectivity index (χ0v) is 13.5. The van der Waals surface area contributed by atoms with Gasteiger partial charge in [0.05, 0.1) is 11.7 Å². The van der Waals surface area contributed by atoms with Crippen molar-refractivity contribution in [2.45, 2.75) is 37.9 Å². The highest BCUT2D eigenvalue weighted by Crippen LogP contribution is 2.38. The molecule has 1 aromatic carbocycles. The van der Waals surface area contributed by atoms with Crippen molar-refractivity contribution in [2.75, 3.05) is 9.85 Å². The summed E-state index contributed by atoms with van der Waals surface area (Å²) < 4.78 is 12.4. The molecule has 2 aliphatic rings. The summed E-state index contributed by atoms with van der Waals surface area (Å²) in [5.74, 6) is -0.750. The SMILES string of the molecule is CC1(C)O[C@H]2[C@@H](O1)C(=O)N(Nc1ccccc1)[C@H]2CI. The van der Waals surface area contributed by atoms with Gasteiger partial charge in [0.1, 0.15) is 6.10 Å². The molecule has 3 rings (SSSR count). The second kappa shape index (κ2) is 5.16. The Morgan fingerprint density at radius 1 is 1.30 bits per heavy atom. The summed E-state index contributed by atoms with van der Waals surface area (Å²) in [4.78, 5) is 12.5. The number of carbonyl (C=O) groups is 1. The highest BCUT2D eigenvalue weighted by Gasteiger charge is 2.57. The van der Waals surface area contributed by atoms with E-state index in [2.05, 4.69) is 28.0 Å². The third-order valence-corrected chi connectivity index (χ3v) is 4.40. The molecule has 5 nitrogen and oxygen atoms in total. The lowest BCUT2D eigenvalue weighted by Crippen LogP contribution is -2.44. The number of para-hydroxylation sites is 1. The largest absolute Gasteiger partial charge is 0.342 e. The summed E-state index contributed by atoms with van der Waals surface area (Å²) in [6, 6.07) is 9.62. The maximum atomic E-state index is 12.5. The van der Waals surface area contributed by atoms with Crippen molar-refractivity contribution in [2.24, 2.45) is 0 Å². The smallest absolute Gasteiger partial charge is 0.273 e. The van der Waals surface area contributed by atoms with E-state index in [4.69, 9.17) is 9.47 Å². The van der Waals surface area contributed by atoms with Crippen LogP contribution < -0.4 is 5.43 Å². The second-order valence-corrected chi connectivity index (χ2v) is 6.31. The molecule has 2 aliphatic heterocycles. The van der Waals surface area contributed by atoms with Gasteiger partial charge in [0, 0.05) is 4.43 Å². The van der Waals surface area contributed by atoms with E-state index in [-0.39, 0.29) is 18.1 Å². The molecule has 6 heteroatoms. The average Bonchev–Trinajstić information content (AvgIpc) is 2.85. The van der Waals surface area contributed by atoms with Crippen LogP contribution in [0.1, 0.15) is 13.8 Å². The Hall–Kier alpha value is -0.860. The minimum Gasteiger partial charge on any atom is -0.342 e. The van der Waals surface area contributed by atoms with Crippen molar-refractivity contribution in [3.63, 3.8) is 0 Å². The summed E-state index contributed by atoms with van der Waals surface area (Å²) in [5.41, 5.74) is 4.05. The maximum absolute atomic E-state index is 12.5. The van der Waals surface area contributed by atoms with Crippen molar-refractivity contribution < 1.29 is 14.3 Å². The van der Waals surface area contributed by atoms with E-state index in [0.717, 1.165) is 10.1 Å². The van der Waals surface area contributed by atoms with Gasteiger partial charge in [-0.15, -0.1) is 0 Å². The van der Waals surface area contributed by atoms with Gasteiger partial charge in [-0.3, -0.25) is 10.2 Å². The van der Waals surface area contributed by atoms with Gasteiger partial charge >= 0.3 is 0 Å². The third-order valence-electron chi connectivity index (χ3n) is 3.50. The summed E-state index contributed by atoms with van der Waals surface area (Å²) in [7, 11) is 0. The van der Waals surface area contributed by atoms with Gasteiger partial charge in [-0.2, -0.15) is 0 Å². The van der Waals surface area contributed by atoms with E-state index in [1.807, 2.05) is 44.2 Å². The number of anilines is 1. The summed E-state index contributed by atoms with van der Waals surface area (Å²) in [6.45, 7) is 3.69. The molecule has 0 aliphatic carbocycles. The molecule has 1 aromatic rings. The topological polar surface area (TPSA) is 50.8 Å². The minimum atomic E-state index is -0.687. The van der Waals surface area contributed by atoms with E-state index in [9.17, 15) is 4.79 Å².